The number of carbonyl (C=O) groups excluding carboxylic acids is 1. The van der Waals surface area contributed by atoms with Crippen LogP contribution in [0.1, 0.15) is 37.9 Å². The van der Waals surface area contributed by atoms with Gasteiger partial charge in [0.05, 0.1) is 0 Å². The van der Waals surface area contributed by atoms with E-state index in [0.717, 1.165) is 12.8 Å². The number of aliphatic carboxylic acids is 1. The quantitative estimate of drug-likeness (QED) is 0.596. The Morgan fingerprint density at radius 2 is 1.89 bits per heavy atom. The van der Waals surface area contributed by atoms with E-state index in [4.69, 9.17) is 9.84 Å². The zero-order valence-electron chi connectivity index (χ0n) is 10.1. The molecule has 1 aromatic carbocycles. The number of ether oxygens (including phenoxy) is 1. The van der Waals surface area contributed by atoms with Gasteiger partial charge in [-0.25, -0.2) is 4.79 Å². The maximum absolute atomic E-state index is 11.3. The SMILES string of the molecule is CCCCC(=O)Oc1ccc(C(O)C(=O)O)cc1. The highest BCUT2D eigenvalue weighted by molar-refractivity contribution is 5.74. The van der Waals surface area contributed by atoms with E-state index >= 15 is 0 Å². The zero-order valence-corrected chi connectivity index (χ0v) is 10.1. The molecule has 0 aromatic heterocycles. The minimum absolute atomic E-state index is 0.246. The number of aliphatic hydroxyl groups is 1. The van der Waals surface area contributed by atoms with E-state index in [-0.39, 0.29) is 11.5 Å². The molecule has 5 heteroatoms. The van der Waals surface area contributed by atoms with Crippen molar-refractivity contribution in [2.75, 3.05) is 0 Å². The first kappa shape index (κ1) is 14.2. The minimum atomic E-state index is -1.56. The molecular formula is C13H16O5. The number of carbonyl (C=O) groups is 2. The van der Waals surface area contributed by atoms with Crippen molar-refractivity contribution in [1.29, 1.82) is 0 Å². The molecule has 0 spiro atoms. The Hall–Kier alpha value is -1.88. The smallest absolute Gasteiger partial charge is 0.337 e. The maximum atomic E-state index is 11.3. The van der Waals surface area contributed by atoms with Crippen LogP contribution < -0.4 is 4.74 Å². The summed E-state index contributed by atoms with van der Waals surface area (Å²) in [6, 6.07) is 5.76. The van der Waals surface area contributed by atoms with Crippen molar-refractivity contribution in [3.8, 4) is 5.75 Å². The topological polar surface area (TPSA) is 83.8 Å². The average Bonchev–Trinajstić information content (AvgIpc) is 2.36. The Balaban J connectivity index is 2.60. The number of carboxylic acids is 1. The van der Waals surface area contributed by atoms with Crippen LogP contribution in [0, 0.1) is 0 Å². The summed E-state index contributed by atoms with van der Waals surface area (Å²) in [6.07, 6.45) is 0.485. The Labute approximate surface area is 105 Å². The number of carboxylic acid groups (broad SMARTS) is 1. The first-order valence-corrected chi connectivity index (χ1v) is 5.76. The number of hydrogen-bond acceptors (Lipinski definition) is 4. The van der Waals surface area contributed by atoms with Crippen LogP contribution in [0.5, 0.6) is 5.75 Å². The van der Waals surface area contributed by atoms with Gasteiger partial charge >= 0.3 is 11.9 Å². The summed E-state index contributed by atoms with van der Waals surface area (Å²) < 4.78 is 5.04. The van der Waals surface area contributed by atoms with Crippen LogP contribution in [-0.4, -0.2) is 22.2 Å². The second-order valence-electron chi connectivity index (χ2n) is 3.89. The molecule has 18 heavy (non-hydrogen) atoms. The molecule has 0 radical (unpaired) electrons. The standard InChI is InChI=1S/C13H16O5/c1-2-3-4-11(14)18-10-7-5-9(6-8-10)12(15)13(16)17/h5-8,12,15H,2-4H2,1H3,(H,16,17). The fourth-order valence-electron chi connectivity index (χ4n) is 1.36. The summed E-state index contributed by atoms with van der Waals surface area (Å²) >= 11 is 0. The summed E-state index contributed by atoms with van der Waals surface area (Å²) in [6.45, 7) is 1.98. The van der Waals surface area contributed by atoms with Gasteiger partial charge in [-0.3, -0.25) is 4.79 Å². The first-order chi connectivity index (χ1) is 8.54. The van der Waals surface area contributed by atoms with Crippen LogP contribution in [0.2, 0.25) is 0 Å². The Morgan fingerprint density at radius 3 is 2.39 bits per heavy atom. The highest BCUT2D eigenvalue weighted by atomic mass is 16.5. The third-order valence-electron chi connectivity index (χ3n) is 2.40. The lowest BCUT2D eigenvalue weighted by molar-refractivity contribution is -0.147. The summed E-state index contributed by atoms with van der Waals surface area (Å²) in [4.78, 5) is 21.9. The third-order valence-corrected chi connectivity index (χ3v) is 2.40. The second kappa shape index (κ2) is 6.76. The molecule has 0 saturated carbocycles. The third kappa shape index (κ3) is 4.18. The van der Waals surface area contributed by atoms with E-state index in [2.05, 4.69) is 0 Å². The molecular weight excluding hydrogens is 236 g/mol. The van der Waals surface area contributed by atoms with Crippen LogP contribution >= 0.6 is 0 Å². The lowest BCUT2D eigenvalue weighted by atomic mass is 10.1. The largest absolute Gasteiger partial charge is 0.479 e. The molecule has 0 heterocycles. The fourth-order valence-corrected chi connectivity index (χ4v) is 1.36. The molecule has 1 atom stereocenters. The summed E-state index contributed by atoms with van der Waals surface area (Å²) in [5.41, 5.74) is 0.246. The monoisotopic (exact) mass is 252 g/mol. The van der Waals surface area contributed by atoms with Crippen LogP contribution in [0.15, 0.2) is 24.3 Å². The Morgan fingerprint density at radius 1 is 1.28 bits per heavy atom. The van der Waals surface area contributed by atoms with Gasteiger partial charge in [-0.05, 0) is 24.1 Å². The van der Waals surface area contributed by atoms with E-state index in [9.17, 15) is 14.7 Å². The molecule has 0 fully saturated rings. The van der Waals surface area contributed by atoms with Gasteiger partial charge < -0.3 is 14.9 Å². The van der Waals surface area contributed by atoms with Crippen molar-refractivity contribution < 1.29 is 24.5 Å². The van der Waals surface area contributed by atoms with Crippen molar-refractivity contribution in [1.82, 2.24) is 0 Å². The summed E-state index contributed by atoms with van der Waals surface area (Å²) in [5, 5.41) is 17.9. The number of rotatable bonds is 6. The number of hydrogen-bond donors (Lipinski definition) is 2. The van der Waals surface area contributed by atoms with Gasteiger partial charge in [-0.15, -0.1) is 0 Å². The number of benzene rings is 1. The van der Waals surface area contributed by atoms with Crippen molar-refractivity contribution in [2.24, 2.45) is 0 Å². The molecule has 5 nitrogen and oxygen atoms in total. The molecule has 0 aliphatic rings. The van der Waals surface area contributed by atoms with Crippen molar-refractivity contribution in [3.05, 3.63) is 29.8 Å². The Bertz CT molecular complexity index is 410. The molecule has 0 bridgehead atoms. The summed E-state index contributed by atoms with van der Waals surface area (Å²) in [7, 11) is 0. The normalized spacial score (nSPS) is 11.9. The van der Waals surface area contributed by atoms with Crippen molar-refractivity contribution in [3.63, 3.8) is 0 Å². The van der Waals surface area contributed by atoms with Gasteiger partial charge in [0.1, 0.15) is 5.75 Å². The van der Waals surface area contributed by atoms with E-state index in [1.807, 2.05) is 6.92 Å². The lowest BCUT2D eigenvalue weighted by Gasteiger charge is -2.07. The molecule has 0 aliphatic carbocycles. The molecule has 0 saturated heterocycles. The average molecular weight is 252 g/mol. The predicted molar refractivity (Wildman–Crippen MR) is 64.2 cm³/mol. The number of aliphatic hydroxyl groups excluding tert-OH is 1. The van der Waals surface area contributed by atoms with E-state index in [1.54, 1.807) is 0 Å². The molecule has 98 valence electrons. The molecule has 1 aromatic rings. The van der Waals surface area contributed by atoms with Gasteiger partial charge in [-0.1, -0.05) is 25.5 Å². The number of esters is 1. The minimum Gasteiger partial charge on any atom is -0.479 e. The predicted octanol–water partition coefficient (Wildman–Crippen LogP) is 1.90. The van der Waals surface area contributed by atoms with Crippen LogP contribution in [0.25, 0.3) is 0 Å². The van der Waals surface area contributed by atoms with Gasteiger partial charge in [-0.2, -0.15) is 0 Å². The van der Waals surface area contributed by atoms with Crippen molar-refractivity contribution in [2.45, 2.75) is 32.3 Å². The maximum Gasteiger partial charge on any atom is 0.337 e. The molecule has 2 N–H and O–H groups in total. The van der Waals surface area contributed by atoms with Gasteiger partial charge in [0.25, 0.3) is 0 Å². The second-order valence-corrected chi connectivity index (χ2v) is 3.89. The highest BCUT2D eigenvalue weighted by Crippen LogP contribution is 2.18. The first-order valence-electron chi connectivity index (χ1n) is 5.76. The molecule has 1 unspecified atom stereocenters. The molecule has 0 amide bonds. The van der Waals surface area contributed by atoms with Crippen LogP contribution in [0.4, 0.5) is 0 Å². The van der Waals surface area contributed by atoms with Crippen LogP contribution in [0.3, 0.4) is 0 Å². The molecule has 1 rings (SSSR count). The highest BCUT2D eigenvalue weighted by Gasteiger charge is 2.15. The zero-order chi connectivity index (χ0) is 13.5. The van der Waals surface area contributed by atoms with Crippen LogP contribution in [-0.2, 0) is 9.59 Å². The van der Waals surface area contributed by atoms with E-state index < -0.39 is 12.1 Å². The lowest BCUT2D eigenvalue weighted by Crippen LogP contribution is -2.11. The van der Waals surface area contributed by atoms with Gasteiger partial charge in [0, 0.05) is 6.42 Å². The van der Waals surface area contributed by atoms with Crippen molar-refractivity contribution >= 4 is 11.9 Å². The van der Waals surface area contributed by atoms with E-state index in [1.165, 1.54) is 24.3 Å². The fraction of sp³-hybridized carbons (Fsp3) is 0.385. The summed E-state index contributed by atoms with van der Waals surface area (Å²) in [5.74, 6) is -1.29. The number of unbranched alkanes of at least 4 members (excludes halogenated alkanes) is 1. The Kier molecular flexibility index (Phi) is 5.32. The van der Waals surface area contributed by atoms with E-state index in [0.29, 0.717) is 12.2 Å². The van der Waals surface area contributed by atoms with Gasteiger partial charge in [0.2, 0.25) is 0 Å². The van der Waals surface area contributed by atoms with Gasteiger partial charge in [0.15, 0.2) is 6.10 Å². The molecule has 0 aliphatic heterocycles.